The maximum absolute atomic E-state index is 12.2. The molecule has 0 radical (unpaired) electrons. The average Bonchev–Trinajstić information content (AvgIpc) is 3.18. The van der Waals surface area contributed by atoms with Gasteiger partial charge in [0.1, 0.15) is 5.01 Å². The van der Waals surface area contributed by atoms with Crippen molar-refractivity contribution < 1.29 is 9.59 Å². The lowest BCUT2D eigenvalue weighted by molar-refractivity contribution is -0.120. The van der Waals surface area contributed by atoms with Crippen molar-refractivity contribution in [3.8, 4) is 10.6 Å². The van der Waals surface area contributed by atoms with E-state index >= 15 is 0 Å². The molecular formula is C19H15ClN2O2S. The Bertz CT molecular complexity index is 965. The van der Waals surface area contributed by atoms with Crippen LogP contribution in [0, 0.1) is 12.8 Å². The Labute approximate surface area is 154 Å². The van der Waals surface area contributed by atoms with E-state index in [1.54, 1.807) is 16.2 Å². The lowest BCUT2D eigenvalue weighted by Gasteiger charge is -2.19. The summed E-state index contributed by atoms with van der Waals surface area (Å²) in [4.78, 5) is 29.9. The van der Waals surface area contributed by atoms with Crippen molar-refractivity contribution in [3.63, 3.8) is 0 Å². The van der Waals surface area contributed by atoms with E-state index in [4.69, 9.17) is 11.6 Å². The van der Waals surface area contributed by atoms with Crippen LogP contribution in [0.25, 0.3) is 20.8 Å². The minimum atomic E-state index is -0.445. The number of thiazole rings is 1. The fraction of sp³-hybridized carbons (Fsp3) is 0.211. The number of para-hydroxylation sites is 1. The van der Waals surface area contributed by atoms with Crippen molar-refractivity contribution >= 4 is 50.0 Å². The van der Waals surface area contributed by atoms with Gasteiger partial charge in [0, 0.05) is 24.2 Å². The largest absolute Gasteiger partial charge is 0.311 e. The molecule has 6 heteroatoms. The number of nitrogens with zero attached hydrogens (tertiary/aromatic N) is 2. The molecule has 2 aromatic carbocycles. The Balaban J connectivity index is 1.67. The standard InChI is InChI=1S/C19H15ClN2O2S/c1-11-8-12(19-21-14-4-2-3-5-16(14)25-19)6-7-15(11)22-10-13(18(20)24)9-17(22)23/h2-8,13H,9-10H2,1H3. The van der Waals surface area contributed by atoms with Crippen molar-refractivity contribution in [2.45, 2.75) is 13.3 Å². The molecule has 4 rings (SSSR count). The van der Waals surface area contributed by atoms with E-state index in [0.717, 1.165) is 32.0 Å². The molecule has 25 heavy (non-hydrogen) atoms. The van der Waals surface area contributed by atoms with Crippen LogP contribution in [0.2, 0.25) is 0 Å². The molecule has 0 aliphatic carbocycles. The zero-order chi connectivity index (χ0) is 17.6. The molecule has 1 aliphatic rings. The first-order chi connectivity index (χ1) is 12.0. The average molecular weight is 371 g/mol. The van der Waals surface area contributed by atoms with E-state index < -0.39 is 11.2 Å². The molecule has 0 bridgehead atoms. The highest BCUT2D eigenvalue weighted by atomic mass is 35.5. The van der Waals surface area contributed by atoms with Gasteiger partial charge in [-0.3, -0.25) is 9.59 Å². The van der Waals surface area contributed by atoms with Crippen LogP contribution in [0.1, 0.15) is 12.0 Å². The molecule has 4 nitrogen and oxygen atoms in total. The maximum Gasteiger partial charge on any atom is 0.227 e. The first-order valence-electron chi connectivity index (χ1n) is 7.99. The Kier molecular flexibility index (Phi) is 4.06. The molecule has 126 valence electrons. The summed E-state index contributed by atoms with van der Waals surface area (Å²) in [5, 5.41) is 0.511. The van der Waals surface area contributed by atoms with E-state index in [-0.39, 0.29) is 12.3 Å². The van der Waals surface area contributed by atoms with Gasteiger partial charge in [0.25, 0.3) is 0 Å². The third kappa shape index (κ3) is 2.94. The SMILES string of the molecule is Cc1cc(-c2nc3ccccc3s2)ccc1N1CC(C(=O)Cl)CC1=O. The maximum atomic E-state index is 12.2. The zero-order valence-electron chi connectivity index (χ0n) is 13.5. The Hall–Kier alpha value is -2.24. The van der Waals surface area contributed by atoms with Gasteiger partial charge in [0.2, 0.25) is 11.1 Å². The smallest absolute Gasteiger partial charge is 0.227 e. The number of halogens is 1. The second-order valence-electron chi connectivity index (χ2n) is 6.20. The van der Waals surface area contributed by atoms with Gasteiger partial charge in [-0.25, -0.2) is 4.98 Å². The molecule has 1 aliphatic heterocycles. The minimum Gasteiger partial charge on any atom is -0.311 e. The van der Waals surface area contributed by atoms with E-state index in [0.29, 0.717) is 6.54 Å². The molecule has 1 saturated heterocycles. The van der Waals surface area contributed by atoms with Gasteiger partial charge in [-0.15, -0.1) is 11.3 Å². The van der Waals surface area contributed by atoms with Crippen LogP contribution in [-0.4, -0.2) is 22.7 Å². The van der Waals surface area contributed by atoms with Crippen LogP contribution >= 0.6 is 22.9 Å². The molecule has 1 unspecified atom stereocenters. The second kappa shape index (κ2) is 6.24. The zero-order valence-corrected chi connectivity index (χ0v) is 15.1. The quantitative estimate of drug-likeness (QED) is 0.642. The van der Waals surface area contributed by atoms with Crippen molar-refractivity contribution in [3.05, 3.63) is 48.0 Å². The van der Waals surface area contributed by atoms with E-state index in [1.807, 2.05) is 43.3 Å². The summed E-state index contributed by atoms with van der Waals surface area (Å²) in [7, 11) is 0. The summed E-state index contributed by atoms with van der Waals surface area (Å²) in [5.74, 6) is -0.479. The van der Waals surface area contributed by atoms with Crippen molar-refractivity contribution in [1.29, 1.82) is 0 Å². The van der Waals surface area contributed by atoms with E-state index in [1.165, 1.54) is 0 Å². The van der Waals surface area contributed by atoms with E-state index in [9.17, 15) is 9.59 Å². The lowest BCUT2D eigenvalue weighted by atomic mass is 10.1. The number of benzene rings is 2. The van der Waals surface area contributed by atoms with Gasteiger partial charge in [0.05, 0.1) is 16.1 Å². The normalized spacial score (nSPS) is 17.4. The number of aromatic nitrogens is 1. The van der Waals surface area contributed by atoms with Gasteiger partial charge in [0.15, 0.2) is 0 Å². The van der Waals surface area contributed by atoms with Crippen LogP contribution in [0.5, 0.6) is 0 Å². The lowest BCUT2D eigenvalue weighted by Crippen LogP contribution is -2.25. The van der Waals surface area contributed by atoms with Crippen LogP contribution in [0.4, 0.5) is 5.69 Å². The number of carbonyl (C=O) groups excluding carboxylic acids is 2. The molecule has 0 saturated carbocycles. The van der Waals surface area contributed by atoms with E-state index in [2.05, 4.69) is 11.1 Å². The summed E-state index contributed by atoms with van der Waals surface area (Å²) in [5.41, 5.74) is 3.82. The molecule has 0 spiro atoms. The van der Waals surface area contributed by atoms with Crippen molar-refractivity contribution in [2.75, 3.05) is 11.4 Å². The van der Waals surface area contributed by atoms with Gasteiger partial charge >= 0.3 is 0 Å². The summed E-state index contributed by atoms with van der Waals surface area (Å²) in [6.45, 7) is 2.32. The number of fused-ring (bicyclic) bond motifs is 1. The number of rotatable bonds is 3. The molecule has 1 fully saturated rings. The molecule has 3 aromatic rings. The Morgan fingerprint density at radius 1 is 1.28 bits per heavy atom. The first kappa shape index (κ1) is 16.2. The number of aryl methyl sites for hydroxylation is 1. The molecule has 2 heterocycles. The Morgan fingerprint density at radius 3 is 2.76 bits per heavy atom. The van der Waals surface area contributed by atoms with Crippen LogP contribution in [-0.2, 0) is 9.59 Å². The predicted octanol–water partition coefficient (Wildman–Crippen LogP) is 4.39. The highest BCUT2D eigenvalue weighted by molar-refractivity contribution is 7.21. The molecule has 1 amide bonds. The highest BCUT2D eigenvalue weighted by Gasteiger charge is 2.34. The van der Waals surface area contributed by atoms with Gasteiger partial charge in [-0.1, -0.05) is 12.1 Å². The van der Waals surface area contributed by atoms with Crippen molar-refractivity contribution in [2.24, 2.45) is 5.92 Å². The van der Waals surface area contributed by atoms with Gasteiger partial charge < -0.3 is 4.90 Å². The first-order valence-corrected chi connectivity index (χ1v) is 9.18. The number of hydrogen-bond donors (Lipinski definition) is 0. The summed E-state index contributed by atoms with van der Waals surface area (Å²) in [6, 6.07) is 14.0. The van der Waals surface area contributed by atoms with Crippen LogP contribution < -0.4 is 4.90 Å². The Morgan fingerprint density at radius 2 is 2.08 bits per heavy atom. The third-order valence-corrected chi connectivity index (χ3v) is 5.87. The number of anilines is 1. The topological polar surface area (TPSA) is 50.3 Å². The summed E-state index contributed by atoms with van der Waals surface area (Å²) < 4.78 is 1.15. The predicted molar refractivity (Wildman–Crippen MR) is 101 cm³/mol. The summed E-state index contributed by atoms with van der Waals surface area (Å²) >= 11 is 7.21. The number of amides is 1. The van der Waals surface area contributed by atoms with Gasteiger partial charge in [-0.05, 0) is 54.4 Å². The highest BCUT2D eigenvalue weighted by Crippen LogP contribution is 2.34. The van der Waals surface area contributed by atoms with Crippen LogP contribution in [0.15, 0.2) is 42.5 Å². The summed E-state index contributed by atoms with van der Waals surface area (Å²) in [6.07, 6.45) is 0.182. The molecule has 0 N–H and O–H groups in total. The monoisotopic (exact) mass is 370 g/mol. The van der Waals surface area contributed by atoms with Crippen LogP contribution in [0.3, 0.4) is 0 Å². The number of hydrogen-bond acceptors (Lipinski definition) is 4. The fourth-order valence-corrected chi connectivity index (χ4v) is 4.29. The molecule has 1 atom stereocenters. The number of carbonyl (C=O) groups is 2. The second-order valence-corrected chi connectivity index (χ2v) is 7.60. The minimum absolute atomic E-state index is 0.0603. The fourth-order valence-electron chi connectivity index (χ4n) is 3.18. The third-order valence-electron chi connectivity index (χ3n) is 4.47. The van der Waals surface area contributed by atoms with Crippen molar-refractivity contribution in [1.82, 2.24) is 4.98 Å². The van der Waals surface area contributed by atoms with Gasteiger partial charge in [-0.2, -0.15) is 0 Å². The molecule has 1 aromatic heterocycles. The molecular weight excluding hydrogens is 356 g/mol.